The lowest BCUT2D eigenvalue weighted by Gasteiger charge is -2.25. The average molecular weight is 212 g/mol. The fourth-order valence-electron chi connectivity index (χ4n) is 1.74. The summed E-state index contributed by atoms with van der Waals surface area (Å²) in [4.78, 5) is 0. The van der Waals surface area contributed by atoms with Gasteiger partial charge in [-0.05, 0) is 24.1 Å². The van der Waals surface area contributed by atoms with Crippen LogP contribution in [0.15, 0.2) is 18.2 Å². The maximum atomic E-state index is 6.06. The average Bonchev–Trinajstić information content (AvgIpc) is 2.23. The van der Waals surface area contributed by atoms with Crippen molar-refractivity contribution in [2.75, 3.05) is 19.7 Å². The van der Waals surface area contributed by atoms with Gasteiger partial charge >= 0.3 is 0 Å². The smallest absolute Gasteiger partial charge is 0.0952 e. The Morgan fingerprint density at radius 1 is 1.50 bits per heavy atom. The first kappa shape index (κ1) is 9.97. The number of hydrogen-bond donors (Lipinski definition) is 1. The van der Waals surface area contributed by atoms with Crippen LogP contribution in [0.3, 0.4) is 0 Å². The number of rotatable bonds is 1. The molecule has 14 heavy (non-hydrogen) atoms. The van der Waals surface area contributed by atoms with Crippen molar-refractivity contribution in [1.29, 1.82) is 0 Å². The molecule has 1 fully saturated rings. The summed E-state index contributed by atoms with van der Waals surface area (Å²) in [6.45, 7) is 4.63. The largest absolute Gasteiger partial charge is 0.371 e. The van der Waals surface area contributed by atoms with Gasteiger partial charge in [0.05, 0.1) is 12.7 Å². The molecule has 1 N–H and O–H groups in total. The highest BCUT2D eigenvalue weighted by molar-refractivity contribution is 6.31. The van der Waals surface area contributed by atoms with Gasteiger partial charge in [0, 0.05) is 18.1 Å². The van der Waals surface area contributed by atoms with Crippen molar-refractivity contribution in [3.05, 3.63) is 34.3 Å². The summed E-state index contributed by atoms with van der Waals surface area (Å²) < 4.78 is 5.68. The summed E-state index contributed by atoms with van der Waals surface area (Å²) in [5.74, 6) is 0. The van der Waals surface area contributed by atoms with Crippen LogP contribution in [0, 0.1) is 6.92 Å². The third-order valence-electron chi connectivity index (χ3n) is 2.58. The molecular formula is C11H14ClNO. The molecule has 0 aliphatic carbocycles. The minimum absolute atomic E-state index is 0.155. The molecule has 0 radical (unpaired) electrons. The fraction of sp³-hybridized carbons (Fsp3) is 0.455. The molecule has 0 spiro atoms. The number of ether oxygens (including phenoxy) is 1. The Balaban J connectivity index is 2.26. The molecule has 1 aliphatic rings. The number of halogens is 1. The van der Waals surface area contributed by atoms with E-state index in [4.69, 9.17) is 16.3 Å². The fourth-order valence-corrected chi connectivity index (χ4v) is 1.92. The van der Waals surface area contributed by atoms with Crippen LogP contribution >= 0.6 is 11.6 Å². The summed E-state index contributed by atoms with van der Waals surface area (Å²) in [5, 5.41) is 4.13. The highest BCUT2D eigenvalue weighted by atomic mass is 35.5. The van der Waals surface area contributed by atoms with E-state index < -0.39 is 0 Å². The van der Waals surface area contributed by atoms with Crippen molar-refractivity contribution in [2.45, 2.75) is 13.0 Å². The first-order chi connectivity index (χ1) is 6.79. The first-order valence-corrected chi connectivity index (χ1v) is 5.24. The van der Waals surface area contributed by atoms with Crippen LogP contribution in [-0.2, 0) is 4.74 Å². The third kappa shape index (κ3) is 1.92. The second kappa shape index (κ2) is 4.30. The number of nitrogens with one attached hydrogen (secondary N) is 1. The van der Waals surface area contributed by atoms with Crippen molar-refractivity contribution < 1.29 is 4.74 Å². The molecule has 1 aromatic rings. The lowest BCUT2D eigenvalue weighted by Crippen LogP contribution is -2.33. The Kier molecular flexibility index (Phi) is 3.06. The number of morpholine rings is 1. The van der Waals surface area contributed by atoms with Gasteiger partial charge in [0.25, 0.3) is 0 Å². The minimum Gasteiger partial charge on any atom is -0.371 e. The molecule has 1 atom stereocenters. The van der Waals surface area contributed by atoms with E-state index in [1.54, 1.807) is 0 Å². The Hall–Kier alpha value is -0.570. The molecule has 0 bridgehead atoms. The van der Waals surface area contributed by atoms with Gasteiger partial charge < -0.3 is 10.1 Å². The molecule has 2 nitrogen and oxygen atoms in total. The van der Waals surface area contributed by atoms with Gasteiger partial charge in [-0.1, -0.05) is 23.7 Å². The molecule has 3 heteroatoms. The van der Waals surface area contributed by atoms with Gasteiger partial charge in [-0.3, -0.25) is 0 Å². The third-order valence-corrected chi connectivity index (χ3v) is 2.99. The molecule has 0 aromatic heterocycles. The number of hydrogen-bond acceptors (Lipinski definition) is 2. The maximum Gasteiger partial charge on any atom is 0.0952 e. The molecule has 1 aromatic carbocycles. The molecule has 2 rings (SSSR count). The minimum atomic E-state index is 0.155. The molecule has 0 saturated carbocycles. The predicted octanol–water partition coefficient (Wildman–Crippen LogP) is 2.31. The van der Waals surface area contributed by atoms with E-state index in [0.29, 0.717) is 0 Å². The van der Waals surface area contributed by atoms with Crippen molar-refractivity contribution in [3.8, 4) is 0 Å². The van der Waals surface area contributed by atoms with Crippen LogP contribution < -0.4 is 5.32 Å². The van der Waals surface area contributed by atoms with Crippen molar-refractivity contribution in [3.63, 3.8) is 0 Å². The first-order valence-electron chi connectivity index (χ1n) is 4.86. The summed E-state index contributed by atoms with van der Waals surface area (Å²) in [7, 11) is 0. The lowest BCUT2D eigenvalue weighted by atomic mass is 10.0. The normalized spacial score (nSPS) is 22.3. The Labute approximate surface area is 89.2 Å². The second-order valence-corrected chi connectivity index (χ2v) is 3.92. The van der Waals surface area contributed by atoms with E-state index in [-0.39, 0.29) is 6.10 Å². The van der Waals surface area contributed by atoms with Gasteiger partial charge in [-0.15, -0.1) is 0 Å². The second-order valence-electron chi connectivity index (χ2n) is 3.52. The molecule has 1 aliphatic heterocycles. The SMILES string of the molecule is Cc1c(Cl)cccc1C1CNCCO1. The van der Waals surface area contributed by atoms with E-state index in [1.807, 2.05) is 19.1 Å². The quantitative estimate of drug-likeness (QED) is 0.770. The lowest BCUT2D eigenvalue weighted by molar-refractivity contribution is 0.0273. The van der Waals surface area contributed by atoms with Crippen molar-refractivity contribution in [2.24, 2.45) is 0 Å². The van der Waals surface area contributed by atoms with E-state index in [1.165, 1.54) is 5.56 Å². The van der Waals surface area contributed by atoms with Crippen LogP contribution in [-0.4, -0.2) is 19.7 Å². The molecule has 1 heterocycles. The summed E-state index contributed by atoms with van der Waals surface area (Å²) >= 11 is 6.06. The zero-order chi connectivity index (χ0) is 9.97. The summed E-state index contributed by atoms with van der Waals surface area (Å²) in [6.07, 6.45) is 0.155. The monoisotopic (exact) mass is 211 g/mol. The highest BCUT2D eigenvalue weighted by Crippen LogP contribution is 2.26. The Morgan fingerprint density at radius 3 is 3.07 bits per heavy atom. The van der Waals surface area contributed by atoms with E-state index in [9.17, 15) is 0 Å². The predicted molar refractivity (Wildman–Crippen MR) is 57.8 cm³/mol. The molecule has 76 valence electrons. The van der Waals surface area contributed by atoms with E-state index in [2.05, 4.69) is 11.4 Å². The van der Waals surface area contributed by atoms with Crippen molar-refractivity contribution in [1.82, 2.24) is 5.32 Å². The topological polar surface area (TPSA) is 21.3 Å². The van der Waals surface area contributed by atoms with Gasteiger partial charge in [0.1, 0.15) is 0 Å². The van der Waals surface area contributed by atoms with Gasteiger partial charge in [-0.2, -0.15) is 0 Å². The molecular weight excluding hydrogens is 198 g/mol. The Morgan fingerprint density at radius 2 is 2.36 bits per heavy atom. The molecule has 1 saturated heterocycles. The van der Waals surface area contributed by atoms with Crippen molar-refractivity contribution >= 4 is 11.6 Å². The van der Waals surface area contributed by atoms with E-state index in [0.717, 1.165) is 30.3 Å². The summed E-state index contributed by atoms with van der Waals surface area (Å²) in [6, 6.07) is 5.97. The van der Waals surface area contributed by atoms with Crippen LogP contribution in [0.5, 0.6) is 0 Å². The maximum absolute atomic E-state index is 6.06. The van der Waals surface area contributed by atoms with Gasteiger partial charge in [0.2, 0.25) is 0 Å². The van der Waals surface area contributed by atoms with E-state index >= 15 is 0 Å². The number of benzene rings is 1. The zero-order valence-corrected chi connectivity index (χ0v) is 8.97. The Bertz CT molecular complexity index is 321. The molecule has 0 amide bonds. The van der Waals surface area contributed by atoms with Crippen LogP contribution in [0.4, 0.5) is 0 Å². The van der Waals surface area contributed by atoms with Gasteiger partial charge in [0.15, 0.2) is 0 Å². The zero-order valence-electron chi connectivity index (χ0n) is 8.22. The standard InChI is InChI=1S/C11H14ClNO/c1-8-9(3-2-4-10(8)12)11-7-13-5-6-14-11/h2-4,11,13H,5-7H2,1H3. The molecule has 1 unspecified atom stereocenters. The van der Waals surface area contributed by atoms with Crippen LogP contribution in [0.2, 0.25) is 5.02 Å². The summed E-state index contributed by atoms with van der Waals surface area (Å²) in [5.41, 5.74) is 2.33. The van der Waals surface area contributed by atoms with Gasteiger partial charge in [-0.25, -0.2) is 0 Å². The van der Waals surface area contributed by atoms with Crippen LogP contribution in [0.1, 0.15) is 17.2 Å². The highest BCUT2D eigenvalue weighted by Gasteiger charge is 2.17. The van der Waals surface area contributed by atoms with Crippen LogP contribution in [0.25, 0.3) is 0 Å².